The maximum absolute atomic E-state index is 5.81. The summed E-state index contributed by atoms with van der Waals surface area (Å²) in [4.78, 5) is 2.54. The van der Waals surface area contributed by atoms with E-state index in [1.807, 2.05) is 30.3 Å². The fourth-order valence-corrected chi connectivity index (χ4v) is 3.39. The highest BCUT2D eigenvalue weighted by Gasteiger charge is 2.29. The Labute approximate surface area is 140 Å². The van der Waals surface area contributed by atoms with Crippen molar-refractivity contribution < 1.29 is 4.74 Å². The van der Waals surface area contributed by atoms with Gasteiger partial charge < -0.3 is 4.74 Å². The summed E-state index contributed by atoms with van der Waals surface area (Å²) in [6.45, 7) is 6.61. The van der Waals surface area contributed by atoms with Gasteiger partial charge in [0.2, 0.25) is 0 Å². The molecule has 3 rings (SSSR count). The first-order chi connectivity index (χ1) is 11.2. The van der Waals surface area contributed by atoms with E-state index in [1.165, 1.54) is 37.9 Å². The lowest BCUT2D eigenvalue weighted by Gasteiger charge is -2.39. The molecule has 1 saturated heterocycles. The summed E-state index contributed by atoms with van der Waals surface area (Å²) in [5.41, 5.74) is 1.91. The number of likely N-dealkylation sites (tertiary alicyclic amines) is 1. The number of hydrogen-bond acceptors (Lipinski definition) is 2. The lowest BCUT2D eigenvalue weighted by atomic mass is 9.75. The van der Waals surface area contributed by atoms with Gasteiger partial charge in [0.15, 0.2) is 0 Å². The smallest absolute Gasteiger partial charge is 0.119 e. The quantitative estimate of drug-likeness (QED) is 0.783. The van der Waals surface area contributed by atoms with Crippen LogP contribution in [0.25, 0.3) is 0 Å². The molecule has 2 aromatic rings. The Morgan fingerprint density at radius 2 is 1.52 bits per heavy atom. The average molecular weight is 309 g/mol. The van der Waals surface area contributed by atoms with Crippen LogP contribution in [0.1, 0.15) is 25.3 Å². The minimum absolute atomic E-state index is 0.443. The number of nitrogens with zero attached hydrogens (tertiary/aromatic N) is 1. The van der Waals surface area contributed by atoms with Crippen LogP contribution in [0, 0.1) is 5.41 Å². The number of rotatable bonds is 6. The van der Waals surface area contributed by atoms with E-state index in [2.05, 4.69) is 42.2 Å². The van der Waals surface area contributed by atoms with Crippen molar-refractivity contribution in [3.63, 3.8) is 0 Å². The Morgan fingerprint density at radius 1 is 0.913 bits per heavy atom. The highest BCUT2D eigenvalue weighted by Crippen LogP contribution is 2.34. The largest absolute Gasteiger partial charge is 0.492 e. The SMILES string of the molecule is CC1(Cc2ccccc2)CCN(CCOc2ccccc2)CC1. The first-order valence-electron chi connectivity index (χ1n) is 8.68. The summed E-state index contributed by atoms with van der Waals surface area (Å²) in [5.74, 6) is 0.971. The highest BCUT2D eigenvalue weighted by molar-refractivity contribution is 5.20. The number of para-hydroxylation sites is 1. The van der Waals surface area contributed by atoms with E-state index in [1.54, 1.807) is 0 Å². The predicted octanol–water partition coefficient (Wildman–Crippen LogP) is 4.41. The molecule has 2 aromatic carbocycles. The molecule has 1 heterocycles. The Bertz CT molecular complexity index is 573. The molecule has 0 N–H and O–H groups in total. The average Bonchev–Trinajstić information content (AvgIpc) is 2.59. The van der Waals surface area contributed by atoms with E-state index in [-0.39, 0.29) is 0 Å². The molecule has 0 aromatic heterocycles. The Hall–Kier alpha value is -1.80. The van der Waals surface area contributed by atoms with Crippen LogP contribution in [0.4, 0.5) is 0 Å². The fraction of sp³-hybridized carbons (Fsp3) is 0.429. The van der Waals surface area contributed by atoms with Crippen LogP contribution in [0.5, 0.6) is 5.75 Å². The Morgan fingerprint density at radius 3 is 2.17 bits per heavy atom. The highest BCUT2D eigenvalue weighted by atomic mass is 16.5. The zero-order valence-corrected chi connectivity index (χ0v) is 14.1. The van der Waals surface area contributed by atoms with E-state index in [4.69, 9.17) is 4.74 Å². The van der Waals surface area contributed by atoms with Gasteiger partial charge in [0, 0.05) is 6.54 Å². The molecule has 0 amide bonds. The van der Waals surface area contributed by atoms with Crippen LogP contribution in [0.2, 0.25) is 0 Å². The van der Waals surface area contributed by atoms with E-state index in [9.17, 15) is 0 Å². The van der Waals surface area contributed by atoms with Gasteiger partial charge in [-0.1, -0.05) is 55.5 Å². The molecule has 0 unspecified atom stereocenters. The first kappa shape index (κ1) is 16.1. The molecule has 0 aliphatic carbocycles. The summed E-state index contributed by atoms with van der Waals surface area (Å²) in [6, 6.07) is 21.0. The maximum Gasteiger partial charge on any atom is 0.119 e. The molecule has 122 valence electrons. The van der Waals surface area contributed by atoms with Crippen LogP contribution >= 0.6 is 0 Å². The van der Waals surface area contributed by atoms with E-state index >= 15 is 0 Å². The summed E-state index contributed by atoms with van der Waals surface area (Å²) in [6.07, 6.45) is 3.74. The number of benzene rings is 2. The van der Waals surface area contributed by atoms with Crippen molar-refractivity contribution in [2.45, 2.75) is 26.2 Å². The van der Waals surface area contributed by atoms with Crippen LogP contribution in [-0.4, -0.2) is 31.1 Å². The fourth-order valence-electron chi connectivity index (χ4n) is 3.39. The zero-order chi connectivity index (χ0) is 16.0. The molecule has 0 saturated carbocycles. The Balaban J connectivity index is 1.41. The number of hydrogen-bond donors (Lipinski definition) is 0. The van der Waals surface area contributed by atoms with Crippen LogP contribution in [0.3, 0.4) is 0 Å². The second-order valence-electron chi connectivity index (χ2n) is 6.98. The third-order valence-corrected chi connectivity index (χ3v) is 4.96. The molecule has 2 heteroatoms. The van der Waals surface area contributed by atoms with Crippen molar-refractivity contribution in [2.24, 2.45) is 5.41 Å². The van der Waals surface area contributed by atoms with E-state index in [0.717, 1.165) is 18.9 Å². The predicted molar refractivity (Wildman–Crippen MR) is 95.9 cm³/mol. The van der Waals surface area contributed by atoms with Gasteiger partial charge in [-0.2, -0.15) is 0 Å². The monoisotopic (exact) mass is 309 g/mol. The summed E-state index contributed by atoms with van der Waals surface area (Å²) < 4.78 is 5.81. The number of ether oxygens (including phenoxy) is 1. The molecule has 23 heavy (non-hydrogen) atoms. The third-order valence-electron chi connectivity index (χ3n) is 4.96. The topological polar surface area (TPSA) is 12.5 Å². The molecule has 0 spiro atoms. The van der Waals surface area contributed by atoms with Gasteiger partial charge in [0.1, 0.15) is 12.4 Å². The van der Waals surface area contributed by atoms with Crippen molar-refractivity contribution in [3.05, 3.63) is 66.2 Å². The Kier molecular flexibility index (Phi) is 5.35. The van der Waals surface area contributed by atoms with Crippen LogP contribution < -0.4 is 4.74 Å². The molecular formula is C21H27NO. The van der Waals surface area contributed by atoms with Crippen LogP contribution in [0.15, 0.2) is 60.7 Å². The molecule has 1 fully saturated rings. The van der Waals surface area contributed by atoms with Gasteiger partial charge in [0.25, 0.3) is 0 Å². The van der Waals surface area contributed by atoms with Crippen LogP contribution in [-0.2, 0) is 6.42 Å². The normalized spacial score (nSPS) is 17.8. The summed E-state index contributed by atoms with van der Waals surface area (Å²) >= 11 is 0. The lowest BCUT2D eigenvalue weighted by Crippen LogP contribution is -2.41. The van der Waals surface area contributed by atoms with E-state index in [0.29, 0.717) is 5.41 Å². The van der Waals surface area contributed by atoms with Gasteiger partial charge in [0.05, 0.1) is 0 Å². The molecule has 1 aliphatic rings. The van der Waals surface area contributed by atoms with Crippen molar-refractivity contribution in [2.75, 3.05) is 26.2 Å². The van der Waals surface area contributed by atoms with Crippen molar-refractivity contribution in [3.8, 4) is 5.75 Å². The standard InChI is InChI=1S/C21H27NO/c1-21(18-19-8-4-2-5-9-19)12-14-22(15-13-21)16-17-23-20-10-6-3-7-11-20/h2-11H,12-18H2,1H3. The molecule has 2 nitrogen and oxygen atoms in total. The summed E-state index contributed by atoms with van der Waals surface area (Å²) in [7, 11) is 0. The molecule has 0 bridgehead atoms. The van der Waals surface area contributed by atoms with Gasteiger partial charge in [-0.25, -0.2) is 0 Å². The third kappa shape index (κ3) is 4.84. The molecular weight excluding hydrogens is 282 g/mol. The first-order valence-corrected chi connectivity index (χ1v) is 8.68. The van der Waals surface area contributed by atoms with Crippen molar-refractivity contribution in [1.82, 2.24) is 4.90 Å². The minimum atomic E-state index is 0.443. The second-order valence-corrected chi connectivity index (χ2v) is 6.98. The van der Waals surface area contributed by atoms with E-state index < -0.39 is 0 Å². The van der Waals surface area contributed by atoms with Gasteiger partial charge in [-0.3, -0.25) is 4.90 Å². The van der Waals surface area contributed by atoms with Gasteiger partial charge in [-0.05, 0) is 55.5 Å². The maximum atomic E-state index is 5.81. The van der Waals surface area contributed by atoms with Gasteiger partial charge in [-0.15, -0.1) is 0 Å². The second kappa shape index (κ2) is 7.65. The lowest BCUT2D eigenvalue weighted by molar-refractivity contribution is 0.104. The molecule has 0 atom stereocenters. The van der Waals surface area contributed by atoms with Crippen molar-refractivity contribution in [1.29, 1.82) is 0 Å². The minimum Gasteiger partial charge on any atom is -0.492 e. The summed E-state index contributed by atoms with van der Waals surface area (Å²) in [5, 5.41) is 0. The van der Waals surface area contributed by atoms with Crippen molar-refractivity contribution >= 4 is 0 Å². The van der Waals surface area contributed by atoms with Gasteiger partial charge >= 0.3 is 0 Å². The number of piperidine rings is 1. The zero-order valence-electron chi connectivity index (χ0n) is 14.1. The molecule has 0 radical (unpaired) electrons. The molecule has 1 aliphatic heterocycles.